The Hall–Kier alpha value is -1.96. The number of nitrogens with zero attached hydrogens (tertiary/aromatic N) is 3. The lowest BCUT2D eigenvalue weighted by Crippen LogP contribution is -2.47. The van der Waals surface area contributed by atoms with E-state index in [9.17, 15) is 14.4 Å². The van der Waals surface area contributed by atoms with Crippen molar-refractivity contribution >= 4 is 33.7 Å². The van der Waals surface area contributed by atoms with E-state index in [0.717, 1.165) is 17.1 Å². The van der Waals surface area contributed by atoms with Gasteiger partial charge in [0.15, 0.2) is 5.69 Å². The van der Waals surface area contributed by atoms with Crippen LogP contribution in [0.1, 0.15) is 22.6 Å². The van der Waals surface area contributed by atoms with Crippen molar-refractivity contribution in [3.05, 3.63) is 28.0 Å². The van der Waals surface area contributed by atoms with E-state index in [2.05, 4.69) is 38.6 Å². The summed E-state index contributed by atoms with van der Waals surface area (Å²) in [5.74, 6) is -0.396. The molecule has 1 saturated heterocycles. The zero-order chi connectivity index (χ0) is 17.6. The summed E-state index contributed by atoms with van der Waals surface area (Å²) in [4.78, 5) is 38.3. The molecule has 1 aromatic heterocycles. The molecule has 8 heteroatoms. The van der Waals surface area contributed by atoms with Gasteiger partial charge in [0.05, 0.1) is 22.0 Å². The number of amides is 3. The molecule has 3 amide bonds. The second-order valence-electron chi connectivity index (χ2n) is 7.48. The van der Waals surface area contributed by atoms with Crippen molar-refractivity contribution in [3.63, 3.8) is 0 Å². The zero-order valence-electron chi connectivity index (χ0n) is 13.8. The molecule has 2 saturated carbocycles. The van der Waals surface area contributed by atoms with Crippen LogP contribution >= 0.6 is 15.9 Å². The third-order valence-corrected chi connectivity index (χ3v) is 7.30. The fourth-order valence-electron chi connectivity index (χ4n) is 4.95. The molecule has 3 fully saturated rings. The van der Waals surface area contributed by atoms with Gasteiger partial charge in [-0.2, -0.15) is 10.1 Å². The number of allylic oxidation sites excluding steroid dienone is 2. The number of carbonyl (C=O) groups is 3. The molecule has 2 heterocycles. The van der Waals surface area contributed by atoms with Crippen molar-refractivity contribution in [2.24, 2.45) is 42.6 Å². The number of hydrazine groups is 1. The summed E-state index contributed by atoms with van der Waals surface area (Å²) >= 11 is 3.34. The van der Waals surface area contributed by atoms with Crippen LogP contribution in [0.5, 0.6) is 0 Å². The lowest BCUT2D eigenvalue weighted by molar-refractivity contribution is -0.143. The summed E-state index contributed by atoms with van der Waals surface area (Å²) in [5, 5.41) is 5.09. The minimum Gasteiger partial charge on any atom is -0.272 e. The number of imide groups is 1. The predicted molar refractivity (Wildman–Crippen MR) is 89.7 cm³/mol. The van der Waals surface area contributed by atoms with Crippen molar-refractivity contribution in [2.45, 2.75) is 13.3 Å². The maximum atomic E-state index is 12.8. The van der Waals surface area contributed by atoms with Gasteiger partial charge in [0.2, 0.25) is 0 Å². The number of nitrogens with one attached hydrogen (secondary N) is 1. The molecule has 0 unspecified atom stereocenters. The summed E-state index contributed by atoms with van der Waals surface area (Å²) < 4.78 is 2.14. The third-order valence-electron chi connectivity index (χ3n) is 6.35. The second-order valence-corrected chi connectivity index (χ2v) is 8.27. The maximum Gasteiger partial charge on any atom is 0.291 e. The Morgan fingerprint density at radius 2 is 1.76 bits per heavy atom. The summed E-state index contributed by atoms with van der Waals surface area (Å²) in [6, 6.07) is 0. The molecule has 7 nitrogen and oxygen atoms in total. The Bertz CT molecular complexity index is 839. The van der Waals surface area contributed by atoms with Crippen LogP contribution in [0.4, 0.5) is 0 Å². The first-order valence-corrected chi connectivity index (χ1v) is 9.25. The van der Waals surface area contributed by atoms with Gasteiger partial charge in [-0.25, -0.2) is 0 Å². The monoisotopic (exact) mass is 404 g/mol. The number of hydrogen-bond donors (Lipinski definition) is 1. The zero-order valence-corrected chi connectivity index (χ0v) is 15.4. The highest BCUT2D eigenvalue weighted by molar-refractivity contribution is 9.10. The van der Waals surface area contributed by atoms with Gasteiger partial charge in [-0.1, -0.05) is 12.2 Å². The van der Waals surface area contributed by atoms with E-state index in [0.29, 0.717) is 16.3 Å². The number of carbonyl (C=O) groups excluding carboxylic acids is 3. The first-order valence-electron chi connectivity index (χ1n) is 8.46. The average molecular weight is 405 g/mol. The Kier molecular flexibility index (Phi) is 2.94. The number of hydrogen-bond acceptors (Lipinski definition) is 4. The van der Waals surface area contributed by atoms with Crippen LogP contribution in [0, 0.1) is 42.4 Å². The highest BCUT2D eigenvalue weighted by atomic mass is 79.9. The van der Waals surface area contributed by atoms with Gasteiger partial charge in [0.1, 0.15) is 0 Å². The maximum absolute atomic E-state index is 12.8. The number of rotatable bonds is 2. The van der Waals surface area contributed by atoms with Gasteiger partial charge >= 0.3 is 0 Å². The Balaban J connectivity index is 1.42. The predicted octanol–water partition coefficient (Wildman–Crippen LogP) is 1.19. The lowest BCUT2D eigenvalue weighted by atomic mass is 9.63. The van der Waals surface area contributed by atoms with Crippen molar-refractivity contribution in [1.29, 1.82) is 0 Å². The van der Waals surface area contributed by atoms with E-state index in [1.54, 1.807) is 11.7 Å². The lowest BCUT2D eigenvalue weighted by Gasteiger charge is -2.37. The molecule has 0 aromatic carbocycles. The molecule has 1 aliphatic heterocycles. The molecule has 0 radical (unpaired) electrons. The van der Waals surface area contributed by atoms with E-state index < -0.39 is 5.91 Å². The highest BCUT2D eigenvalue weighted by Crippen LogP contribution is 2.65. The summed E-state index contributed by atoms with van der Waals surface area (Å²) in [6.07, 6.45) is 5.33. The molecule has 1 N–H and O–H groups in total. The fraction of sp³-hybridized carbons (Fsp3) is 0.529. The van der Waals surface area contributed by atoms with Crippen LogP contribution in [0.2, 0.25) is 0 Å². The molecule has 2 bridgehead atoms. The van der Waals surface area contributed by atoms with Crippen LogP contribution in [-0.4, -0.2) is 32.5 Å². The van der Waals surface area contributed by atoms with E-state index in [4.69, 9.17) is 0 Å². The minimum absolute atomic E-state index is 0.141. The Morgan fingerprint density at radius 1 is 1.20 bits per heavy atom. The summed E-state index contributed by atoms with van der Waals surface area (Å²) in [6.45, 7) is 1.82. The van der Waals surface area contributed by atoms with Crippen LogP contribution in [0.3, 0.4) is 0 Å². The molecular formula is C17H17BrN4O3. The molecule has 25 heavy (non-hydrogen) atoms. The van der Waals surface area contributed by atoms with E-state index in [-0.39, 0.29) is 41.2 Å². The first kappa shape index (κ1) is 15.3. The molecule has 6 rings (SSSR count). The van der Waals surface area contributed by atoms with Gasteiger partial charge in [0, 0.05) is 7.05 Å². The molecule has 4 aliphatic carbocycles. The van der Waals surface area contributed by atoms with Crippen molar-refractivity contribution < 1.29 is 14.4 Å². The number of aryl methyl sites for hydroxylation is 1. The van der Waals surface area contributed by atoms with Crippen molar-refractivity contribution in [3.8, 4) is 0 Å². The van der Waals surface area contributed by atoms with Gasteiger partial charge in [-0.15, -0.1) is 0 Å². The minimum atomic E-state index is -0.554. The molecule has 130 valence electrons. The van der Waals surface area contributed by atoms with Crippen LogP contribution < -0.4 is 5.43 Å². The average Bonchev–Trinajstić information content (AvgIpc) is 3.34. The van der Waals surface area contributed by atoms with Crippen molar-refractivity contribution in [1.82, 2.24) is 20.2 Å². The largest absolute Gasteiger partial charge is 0.291 e. The van der Waals surface area contributed by atoms with Crippen molar-refractivity contribution in [2.75, 3.05) is 0 Å². The third kappa shape index (κ3) is 1.86. The van der Waals surface area contributed by atoms with E-state index >= 15 is 0 Å². The van der Waals surface area contributed by atoms with Gasteiger partial charge in [0.25, 0.3) is 17.7 Å². The number of aromatic nitrogens is 2. The molecule has 0 spiro atoms. The van der Waals surface area contributed by atoms with Gasteiger partial charge < -0.3 is 0 Å². The van der Waals surface area contributed by atoms with Crippen LogP contribution in [0.25, 0.3) is 0 Å². The van der Waals surface area contributed by atoms with Crippen LogP contribution in [-0.2, 0) is 16.6 Å². The Morgan fingerprint density at radius 3 is 2.24 bits per heavy atom. The van der Waals surface area contributed by atoms with Gasteiger partial charge in [-0.3, -0.25) is 24.5 Å². The van der Waals surface area contributed by atoms with Crippen LogP contribution in [0.15, 0.2) is 16.6 Å². The van der Waals surface area contributed by atoms with E-state index in [1.807, 2.05) is 6.92 Å². The van der Waals surface area contributed by atoms with Gasteiger partial charge in [-0.05, 0) is 52.9 Å². The SMILES string of the molecule is Cc1c(Br)c(C(=O)NN2C(=O)[C@@H]3[C@H]4C=C[C@@H]([C@@H]5C[C@@H]45)[C@H]3C2=O)nn1C. The molecule has 5 aliphatic rings. The summed E-state index contributed by atoms with van der Waals surface area (Å²) in [5.41, 5.74) is 3.45. The number of halogens is 1. The molecule has 1 aromatic rings. The normalized spacial score (nSPS) is 37.3. The standard InChI is InChI=1S/C17H17BrN4O3/c1-6-13(18)14(19-21(6)2)15(23)20-22-16(24)11-7-3-4-8(10-5-9(7)10)12(11)17(22)25/h3-4,7-12H,5H2,1-2H3,(H,20,23)/t7-,8-,9-,10-,11+,12+/m0/s1. The molecule has 6 atom stereocenters. The fourth-order valence-corrected chi connectivity index (χ4v) is 5.47. The quantitative estimate of drug-likeness (QED) is 0.592. The first-order chi connectivity index (χ1) is 11.9. The summed E-state index contributed by atoms with van der Waals surface area (Å²) in [7, 11) is 1.73. The van der Waals surface area contributed by atoms with E-state index in [1.165, 1.54) is 0 Å². The highest BCUT2D eigenvalue weighted by Gasteiger charge is 2.67. The second kappa shape index (κ2) is 4.81. The smallest absolute Gasteiger partial charge is 0.272 e. The Labute approximate surface area is 152 Å². The molecular weight excluding hydrogens is 388 g/mol. The topological polar surface area (TPSA) is 84.3 Å².